The van der Waals surface area contributed by atoms with E-state index in [-0.39, 0.29) is 18.4 Å². The quantitative estimate of drug-likeness (QED) is 0.640. The Morgan fingerprint density at radius 2 is 1.87 bits per heavy atom. The molecule has 0 spiro atoms. The maximum Gasteiger partial charge on any atom is 0.251 e. The van der Waals surface area contributed by atoms with Crippen molar-refractivity contribution in [1.29, 1.82) is 0 Å². The molecule has 0 aliphatic carbocycles. The zero-order chi connectivity index (χ0) is 10.9. The van der Waals surface area contributed by atoms with Crippen molar-refractivity contribution in [2.45, 2.75) is 12.5 Å². The number of piperazine rings is 1. The zero-order valence-corrected chi connectivity index (χ0v) is 8.41. The fraction of sp³-hybridized carbons (Fsp3) is 0.273. The minimum atomic E-state index is -0.810. The van der Waals surface area contributed by atoms with Gasteiger partial charge in [-0.05, 0) is 12.5 Å². The Kier molecular flexibility index (Phi) is 2.28. The van der Waals surface area contributed by atoms with Gasteiger partial charge >= 0.3 is 0 Å². The highest BCUT2D eigenvalue weighted by atomic mass is 16.2. The Hall–Kier alpha value is -1.68. The molecule has 2 rings (SSSR count). The van der Waals surface area contributed by atoms with Gasteiger partial charge in [0.15, 0.2) is 0 Å². The highest BCUT2D eigenvalue weighted by Crippen LogP contribution is 2.22. The lowest BCUT2D eigenvalue weighted by Gasteiger charge is -2.33. The summed E-state index contributed by atoms with van der Waals surface area (Å²) >= 11 is 0. The topological polar surface area (TPSA) is 58.2 Å². The number of carbonyl (C=O) groups excluding carboxylic acids is 2. The number of carbonyl (C=O) groups is 2. The molecule has 1 aromatic carbocycles. The van der Waals surface area contributed by atoms with Gasteiger partial charge in [0.25, 0.3) is 5.91 Å². The first-order chi connectivity index (χ1) is 7.13. The molecular weight excluding hydrogens is 192 g/mol. The lowest BCUT2D eigenvalue weighted by molar-refractivity contribution is -0.137. The molecule has 1 atom stereocenters. The van der Waals surface area contributed by atoms with Crippen LogP contribution in [-0.4, -0.2) is 18.4 Å². The van der Waals surface area contributed by atoms with Crippen LogP contribution in [0.25, 0.3) is 0 Å². The number of rotatable bonds is 1. The minimum absolute atomic E-state index is 0.164. The number of nitrogens with one attached hydrogen (secondary N) is 2. The molecule has 1 saturated heterocycles. The second-order valence-corrected chi connectivity index (χ2v) is 3.72. The predicted octanol–water partition coefficient (Wildman–Crippen LogP) is 0.148. The van der Waals surface area contributed by atoms with E-state index in [1.54, 1.807) is 6.92 Å². The SMILES string of the molecule is CC1(c2ccccc2)NCC(=O)NC1=O. The number of benzene rings is 1. The van der Waals surface area contributed by atoms with Crippen molar-refractivity contribution in [3.8, 4) is 0 Å². The van der Waals surface area contributed by atoms with Gasteiger partial charge in [0, 0.05) is 0 Å². The molecule has 0 saturated carbocycles. The summed E-state index contributed by atoms with van der Waals surface area (Å²) in [5, 5.41) is 5.28. The lowest BCUT2D eigenvalue weighted by atomic mass is 9.89. The van der Waals surface area contributed by atoms with Gasteiger partial charge in [-0.25, -0.2) is 0 Å². The van der Waals surface area contributed by atoms with Gasteiger partial charge in [-0.1, -0.05) is 30.3 Å². The molecule has 1 unspecified atom stereocenters. The third-order valence-electron chi connectivity index (χ3n) is 2.66. The molecule has 15 heavy (non-hydrogen) atoms. The molecular formula is C11H12N2O2. The summed E-state index contributed by atoms with van der Waals surface area (Å²) in [4.78, 5) is 22.7. The van der Waals surface area contributed by atoms with E-state index in [1.165, 1.54) is 0 Å². The van der Waals surface area contributed by atoms with E-state index in [9.17, 15) is 9.59 Å². The molecule has 78 valence electrons. The molecule has 1 aliphatic heterocycles. The second-order valence-electron chi connectivity index (χ2n) is 3.72. The summed E-state index contributed by atoms with van der Waals surface area (Å²) in [6, 6.07) is 9.35. The van der Waals surface area contributed by atoms with Crippen molar-refractivity contribution in [3.63, 3.8) is 0 Å². The maximum absolute atomic E-state index is 11.7. The number of hydrogen-bond donors (Lipinski definition) is 2. The molecule has 1 aromatic rings. The number of imide groups is 1. The molecule has 0 bridgehead atoms. The van der Waals surface area contributed by atoms with Crippen molar-refractivity contribution in [2.24, 2.45) is 0 Å². The van der Waals surface area contributed by atoms with E-state index in [2.05, 4.69) is 10.6 Å². The van der Waals surface area contributed by atoms with E-state index in [1.807, 2.05) is 30.3 Å². The third kappa shape index (κ3) is 1.64. The number of hydrogen-bond acceptors (Lipinski definition) is 3. The smallest absolute Gasteiger partial charge is 0.251 e. The average Bonchev–Trinajstić information content (AvgIpc) is 2.25. The highest BCUT2D eigenvalue weighted by Gasteiger charge is 2.39. The van der Waals surface area contributed by atoms with E-state index in [0.717, 1.165) is 5.56 Å². The average molecular weight is 204 g/mol. The van der Waals surface area contributed by atoms with Gasteiger partial charge in [0.05, 0.1) is 6.54 Å². The molecule has 4 nitrogen and oxygen atoms in total. The third-order valence-corrected chi connectivity index (χ3v) is 2.66. The van der Waals surface area contributed by atoms with Crippen LogP contribution in [0.3, 0.4) is 0 Å². The lowest BCUT2D eigenvalue weighted by Crippen LogP contribution is -2.61. The van der Waals surface area contributed by atoms with Crippen molar-refractivity contribution in [1.82, 2.24) is 10.6 Å². The molecule has 0 radical (unpaired) electrons. The van der Waals surface area contributed by atoms with E-state index in [0.29, 0.717) is 0 Å². The zero-order valence-electron chi connectivity index (χ0n) is 8.41. The largest absolute Gasteiger partial charge is 0.293 e. The monoisotopic (exact) mass is 204 g/mol. The van der Waals surface area contributed by atoms with Crippen LogP contribution >= 0.6 is 0 Å². The fourth-order valence-electron chi connectivity index (χ4n) is 1.64. The first kappa shape index (κ1) is 9.86. The molecule has 1 fully saturated rings. The van der Waals surface area contributed by atoms with Crippen LogP contribution in [-0.2, 0) is 15.1 Å². The summed E-state index contributed by atoms with van der Waals surface area (Å²) in [7, 11) is 0. The Morgan fingerprint density at radius 1 is 1.20 bits per heavy atom. The minimum Gasteiger partial charge on any atom is -0.293 e. The predicted molar refractivity (Wildman–Crippen MR) is 54.9 cm³/mol. The van der Waals surface area contributed by atoms with Gasteiger partial charge in [-0.2, -0.15) is 0 Å². The molecule has 0 aromatic heterocycles. The van der Waals surface area contributed by atoms with E-state index < -0.39 is 5.54 Å². The summed E-state index contributed by atoms with van der Waals surface area (Å²) in [6.45, 7) is 1.93. The summed E-state index contributed by atoms with van der Waals surface area (Å²) in [5.74, 6) is -0.585. The van der Waals surface area contributed by atoms with Gasteiger partial charge in [0.2, 0.25) is 5.91 Å². The van der Waals surface area contributed by atoms with E-state index >= 15 is 0 Å². The second kappa shape index (κ2) is 3.47. The van der Waals surface area contributed by atoms with Crippen molar-refractivity contribution in [2.75, 3.05) is 6.54 Å². The van der Waals surface area contributed by atoms with Crippen molar-refractivity contribution >= 4 is 11.8 Å². The first-order valence-electron chi connectivity index (χ1n) is 4.78. The van der Waals surface area contributed by atoms with Gasteiger partial charge in [0.1, 0.15) is 5.54 Å². The van der Waals surface area contributed by atoms with E-state index in [4.69, 9.17) is 0 Å². The van der Waals surface area contributed by atoms with Crippen LogP contribution in [0.2, 0.25) is 0 Å². The van der Waals surface area contributed by atoms with Gasteiger partial charge in [-0.15, -0.1) is 0 Å². The standard InChI is InChI=1S/C11H12N2O2/c1-11(8-5-3-2-4-6-8)10(15)13-9(14)7-12-11/h2-6,12H,7H2,1H3,(H,13,14,15). The van der Waals surface area contributed by atoms with Crippen molar-refractivity contribution < 1.29 is 9.59 Å². The Labute approximate surface area is 87.7 Å². The Bertz CT molecular complexity index is 402. The first-order valence-corrected chi connectivity index (χ1v) is 4.78. The van der Waals surface area contributed by atoms with Crippen LogP contribution in [0, 0.1) is 0 Å². The Balaban J connectivity index is 2.35. The van der Waals surface area contributed by atoms with Crippen LogP contribution in [0.4, 0.5) is 0 Å². The molecule has 1 heterocycles. The van der Waals surface area contributed by atoms with Crippen LogP contribution in [0.15, 0.2) is 30.3 Å². The van der Waals surface area contributed by atoms with Gasteiger partial charge < -0.3 is 0 Å². The van der Waals surface area contributed by atoms with Crippen LogP contribution in [0.1, 0.15) is 12.5 Å². The highest BCUT2D eigenvalue weighted by molar-refractivity contribution is 6.03. The fourth-order valence-corrected chi connectivity index (χ4v) is 1.64. The van der Waals surface area contributed by atoms with Crippen molar-refractivity contribution in [3.05, 3.63) is 35.9 Å². The molecule has 2 N–H and O–H groups in total. The summed E-state index contributed by atoms with van der Waals surface area (Å²) < 4.78 is 0. The van der Waals surface area contributed by atoms with Crippen LogP contribution in [0.5, 0.6) is 0 Å². The number of amides is 2. The Morgan fingerprint density at radius 3 is 2.47 bits per heavy atom. The summed E-state index contributed by atoms with van der Waals surface area (Å²) in [6.07, 6.45) is 0. The maximum atomic E-state index is 11.7. The van der Waals surface area contributed by atoms with Gasteiger partial charge in [-0.3, -0.25) is 20.2 Å². The normalized spacial score (nSPS) is 26.2. The molecule has 1 aliphatic rings. The molecule has 2 amide bonds. The summed E-state index contributed by atoms with van der Waals surface area (Å²) in [5.41, 5.74) is 0.0461. The van der Waals surface area contributed by atoms with Crippen LogP contribution < -0.4 is 10.6 Å². The molecule has 4 heteroatoms.